The van der Waals surface area contributed by atoms with Gasteiger partial charge in [-0.25, -0.2) is 9.98 Å². The normalized spacial score (nSPS) is 17.9. The van der Waals surface area contributed by atoms with Gasteiger partial charge in [0, 0.05) is 46.0 Å². The number of carbonyl (C=O) groups excluding carboxylic acids is 1. The second kappa shape index (κ2) is 12.3. The quantitative estimate of drug-likeness (QED) is 0.465. The zero-order valence-corrected chi connectivity index (χ0v) is 18.5. The fourth-order valence-electron chi connectivity index (χ4n) is 3.45. The highest BCUT2D eigenvalue weighted by Gasteiger charge is 2.24. The predicted octanol–water partition coefficient (Wildman–Crippen LogP) is 2.50. The van der Waals surface area contributed by atoms with Crippen molar-refractivity contribution in [2.45, 2.75) is 52.0 Å². The number of guanidine groups is 1. The molecule has 2 heterocycles. The Kier molecular flexibility index (Phi) is 9.74. The fraction of sp³-hybridized carbons (Fsp3) is 0.682. The molecule has 0 aliphatic carbocycles. The molecule has 2 N–H and O–H groups in total. The molecule has 1 saturated heterocycles. The van der Waals surface area contributed by atoms with Crippen LogP contribution >= 0.6 is 0 Å². The Bertz CT molecular complexity index is 633. The number of nitrogens with one attached hydrogen (secondary N) is 2. The van der Waals surface area contributed by atoms with Gasteiger partial charge >= 0.3 is 0 Å². The molecule has 7 nitrogen and oxygen atoms in total. The maximum Gasteiger partial charge on any atom is 0.243 e. The molecular formula is C22H38N6O. The lowest BCUT2D eigenvalue weighted by molar-refractivity contribution is -0.127. The van der Waals surface area contributed by atoms with Gasteiger partial charge in [0.05, 0.1) is 0 Å². The van der Waals surface area contributed by atoms with E-state index < -0.39 is 0 Å². The summed E-state index contributed by atoms with van der Waals surface area (Å²) in [5, 5.41) is 7.03. The lowest BCUT2D eigenvalue weighted by Gasteiger charge is -2.22. The third-order valence-corrected chi connectivity index (χ3v) is 5.48. The van der Waals surface area contributed by atoms with E-state index in [1.807, 2.05) is 24.4 Å². The van der Waals surface area contributed by atoms with Crippen LogP contribution in [0.3, 0.4) is 0 Å². The molecule has 0 spiro atoms. The van der Waals surface area contributed by atoms with Crippen LogP contribution in [0.25, 0.3) is 0 Å². The summed E-state index contributed by atoms with van der Waals surface area (Å²) in [4.78, 5) is 24.9. The summed E-state index contributed by atoms with van der Waals surface area (Å²) < 4.78 is 0. The minimum atomic E-state index is 0.00524. The Morgan fingerprint density at radius 2 is 2.21 bits per heavy atom. The molecule has 7 heteroatoms. The minimum absolute atomic E-state index is 0.00524. The van der Waals surface area contributed by atoms with E-state index in [2.05, 4.69) is 39.4 Å². The van der Waals surface area contributed by atoms with Crippen LogP contribution in [0.1, 0.15) is 46.0 Å². The number of likely N-dealkylation sites (N-methyl/N-ethyl adjacent to an activating group) is 1. The Balaban J connectivity index is 1.95. The number of aromatic nitrogens is 1. The van der Waals surface area contributed by atoms with E-state index in [-0.39, 0.29) is 18.5 Å². The fourth-order valence-corrected chi connectivity index (χ4v) is 3.45. The van der Waals surface area contributed by atoms with Gasteiger partial charge < -0.3 is 20.4 Å². The van der Waals surface area contributed by atoms with Crippen molar-refractivity contribution >= 4 is 17.7 Å². The topological polar surface area (TPSA) is 72.9 Å². The van der Waals surface area contributed by atoms with E-state index in [0.717, 1.165) is 44.3 Å². The van der Waals surface area contributed by atoms with Crippen molar-refractivity contribution in [1.82, 2.24) is 20.5 Å². The smallest absolute Gasteiger partial charge is 0.243 e. The molecule has 1 aromatic heterocycles. The first-order chi connectivity index (χ1) is 14.0. The zero-order chi connectivity index (χ0) is 21.1. The van der Waals surface area contributed by atoms with Crippen LogP contribution in [0.4, 0.5) is 5.82 Å². The van der Waals surface area contributed by atoms with Crippen molar-refractivity contribution < 1.29 is 4.79 Å². The van der Waals surface area contributed by atoms with E-state index in [9.17, 15) is 4.79 Å². The van der Waals surface area contributed by atoms with E-state index in [1.54, 1.807) is 19.0 Å². The molecule has 2 unspecified atom stereocenters. The number of unbranched alkanes of at least 4 members (excludes halogenated alkanes) is 1. The summed E-state index contributed by atoms with van der Waals surface area (Å²) >= 11 is 0. The summed E-state index contributed by atoms with van der Waals surface area (Å²) in [5.74, 6) is 2.38. The van der Waals surface area contributed by atoms with Crippen molar-refractivity contribution in [1.29, 1.82) is 0 Å². The predicted molar refractivity (Wildman–Crippen MR) is 120 cm³/mol. The summed E-state index contributed by atoms with van der Waals surface area (Å²) in [6, 6.07) is 6.29. The van der Waals surface area contributed by atoms with Crippen LogP contribution in [-0.4, -0.2) is 68.1 Å². The van der Waals surface area contributed by atoms with Crippen LogP contribution < -0.4 is 15.5 Å². The van der Waals surface area contributed by atoms with Gasteiger partial charge in [0.25, 0.3) is 0 Å². The van der Waals surface area contributed by atoms with Gasteiger partial charge in [0.1, 0.15) is 12.4 Å². The van der Waals surface area contributed by atoms with Crippen LogP contribution in [-0.2, 0) is 4.79 Å². The summed E-state index contributed by atoms with van der Waals surface area (Å²) in [6.45, 7) is 7.36. The molecular weight excluding hydrogens is 364 g/mol. The van der Waals surface area contributed by atoms with Crippen LogP contribution in [0, 0.1) is 5.92 Å². The van der Waals surface area contributed by atoms with Gasteiger partial charge in [0.2, 0.25) is 5.91 Å². The third-order valence-electron chi connectivity index (χ3n) is 5.48. The molecule has 29 heavy (non-hydrogen) atoms. The van der Waals surface area contributed by atoms with Crippen molar-refractivity contribution in [2.24, 2.45) is 10.9 Å². The summed E-state index contributed by atoms with van der Waals surface area (Å²) in [5.41, 5.74) is 0. The average molecular weight is 403 g/mol. The van der Waals surface area contributed by atoms with Gasteiger partial charge in [-0.05, 0) is 30.9 Å². The first-order valence-corrected chi connectivity index (χ1v) is 10.9. The highest BCUT2D eigenvalue weighted by molar-refractivity contribution is 5.85. The molecule has 1 aliphatic heterocycles. The number of hydrogen-bond acceptors (Lipinski definition) is 4. The molecule has 1 aromatic rings. The van der Waals surface area contributed by atoms with Crippen molar-refractivity contribution in [3.8, 4) is 0 Å². The van der Waals surface area contributed by atoms with E-state index >= 15 is 0 Å². The summed E-state index contributed by atoms with van der Waals surface area (Å²) in [7, 11) is 3.52. The molecule has 1 amide bonds. The minimum Gasteiger partial charge on any atom is -0.356 e. The third kappa shape index (κ3) is 7.91. The number of nitrogens with zero attached hydrogens (tertiary/aromatic N) is 4. The Morgan fingerprint density at radius 3 is 2.86 bits per heavy atom. The molecule has 1 aliphatic rings. The first-order valence-electron chi connectivity index (χ1n) is 10.9. The van der Waals surface area contributed by atoms with Crippen LogP contribution in [0.5, 0.6) is 0 Å². The van der Waals surface area contributed by atoms with E-state index in [1.165, 1.54) is 19.3 Å². The second-order valence-corrected chi connectivity index (χ2v) is 8.01. The highest BCUT2D eigenvalue weighted by Crippen LogP contribution is 2.17. The maximum absolute atomic E-state index is 12.0. The van der Waals surface area contributed by atoms with Gasteiger partial charge in [-0.2, -0.15) is 0 Å². The zero-order valence-electron chi connectivity index (χ0n) is 18.5. The second-order valence-electron chi connectivity index (χ2n) is 8.01. The Morgan fingerprint density at radius 1 is 1.38 bits per heavy atom. The largest absolute Gasteiger partial charge is 0.356 e. The maximum atomic E-state index is 12.0. The number of rotatable bonds is 10. The molecule has 0 radical (unpaired) electrons. The van der Waals surface area contributed by atoms with Gasteiger partial charge in [-0.1, -0.05) is 39.2 Å². The van der Waals surface area contributed by atoms with Crippen LogP contribution in [0.15, 0.2) is 29.4 Å². The van der Waals surface area contributed by atoms with Gasteiger partial charge in [0.15, 0.2) is 5.96 Å². The molecule has 0 aromatic carbocycles. The van der Waals surface area contributed by atoms with Crippen molar-refractivity contribution in [3.05, 3.63) is 24.4 Å². The Labute approximate surface area is 176 Å². The number of anilines is 1. The molecule has 2 atom stereocenters. The lowest BCUT2D eigenvalue weighted by atomic mass is 9.99. The number of hydrogen-bond donors (Lipinski definition) is 2. The molecule has 0 bridgehead atoms. The number of aliphatic imine (C=N–C) groups is 1. The average Bonchev–Trinajstić information content (AvgIpc) is 3.20. The molecule has 0 saturated carbocycles. The lowest BCUT2D eigenvalue weighted by Crippen LogP contribution is -2.46. The molecule has 1 fully saturated rings. The first kappa shape index (κ1) is 23.0. The SMILES string of the molecule is CCCCC(CC)CNC(=NCC(=O)N(C)C)NC1CCN(c2ccccn2)C1. The van der Waals surface area contributed by atoms with Crippen molar-refractivity contribution in [2.75, 3.05) is 45.2 Å². The van der Waals surface area contributed by atoms with E-state index in [0.29, 0.717) is 5.92 Å². The number of amides is 1. The Hall–Kier alpha value is -2.31. The monoisotopic (exact) mass is 402 g/mol. The van der Waals surface area contributed by atoms with Gasteiger partial charge in [-0.3, -0.25) is 4.79 Å². The molecule has 162 valence electrons. The standard InChI is InChI=1S/C22H38N6O/c1-5-7-10-18(6-2)15-24-22(25-16-21(29)27(3)4)26-19-12-14-28(17-19)20-11-8-9-13-23-20/h8-9,11,13,18-19H,5-7,10,12,14-17H2,1-4H3,(H2,24,25,26). The number of pyridine rings is 1. The highest BCUT2D eigenvalue weighted by atomic mass is 16.2. The van der Waals surface area contributed by atoms with E-state index in [4.69, 9.17) is 0 Å². The van der Waals surface area contributed by atoms with Gasteiger partial charge in [-0.15, -0.1) is 0 Å². The molecule has 2 rings (SSSR count). The number of carbonyl (C=O) groups is 1. The van der Waals surface area contributed by atoms with Crippen LogP contribution in [0.2, 0.25) is 0 Å². The summed E-state index contributed by atoms with van der Waals surface area (Å²) in [6.07, 6.45) is 7.69. The van der Waals surface area contributed by atoms with Crippen molar-refractivity contribution in [3.63, 3.8) is 0 Å².